The first kappa shape index (κ1) is 36.6. The molecule has 0 aromatic carbocycles. The zero-order chi connectivity index (χ0) is 29.7. The van der Waals surface area contributed by atoms with Gasteiger partial charge in [0.2, 0.25) is 0 Å². The molecular formula is C29H36F6IrN4P-. The van der Waals surface area contributed by atoms with Gasteiger partial charge in [0.25, 0.3) is 0 Å². The predicted octanol–water partition coefficient (Wildman–Crippen LogP) is 10.1. The second-order valence-corrected chi connectivity index (χ2v) is 11.4. The number of hydrogen-bond acceptors (Lipinski definition) is 4. The average Bonchev–Trinajstić information content (AvgIpc) is 2.77. The molecule has 3 aromatic heterocycles. The number of aromatic nitrogens is 3. The molecule has 41 heavy (non-hydrogen) atoms. The molecule has 229 valence electrons. The zero-order valence-corrected chi connectivity index (χ0v) is 26.6. The van der Waals surface area contributed by atoms with Crippen LogP contribution in [0.2, 0.25) is 0 Å². The maximum Gasteiger partial charge on any atom is 0 e. The van der Waals surface area contributed by atoms with Crippen LogP contribution in [0.15, 0.2) is 78.9 Å². The molecule has 0 saturated heterocycles. The molecule has 0 N–H and O–H groups in total. The van der Waals surface area contributed by atoms with Crippen molar-refractivity contribution in [2.75, 3.05) is 0 Å². The van der Waals surface area contributed by atoms with Crippen LogP contribution < -0.4 is 0 Å². The van der Waals surface area contributed by atoms with Crippen LogP contribution in [0.4, 0.5) is 25.2 Å². The SMILES string of the molecule is C1=C\CC/C=C\CC/1.Cc1cccc(CN(Cc2cccc(C)n2)Cc2cccc(C)n2)n1.F[P-](F)(F)(F)(F)F.[Ir]. The molecule has 0 aliphatic heterocycles. The standard InChI is InChI=1S/C21H24N4.C8H12.F6P.Ir/c1-16-7-4-10-19(22-16)13-25(14-20-11-5-8-17(2)23-20)15-21-12-6-9-18(3)24-21;1-2-4-6-8-7-5-3-1;1-7(2,3,4,5)6;/h4-12H,13-15H2,1-3H3;1-2,7-8H,3-6H2;;/q;;-1;/b;2-1-,8-7-;;. The van der Waals surface area contributed by atoms with Gasteiger partial charge < -0.3 is 0 Å². The van der Waals surface area contributed by atoms with Gasteiger partial charge in [-0.15, -0.1) is 0 Å². The van der Waals surface area contributed by atoms with Gasteiger partial charge in [-0.2, -0.15) is 0 Å². The fourth-order valence-corrected chi connectivity index (χ4v) is 3.77. The van der Waals surface area contributed by atoms with Crippen LogP contribution in [0, 0.1) is 20.8 Å². The quantitative estimate of drug-likeness (QED) is 0.142. The molecule has 4 rings (SSSR count). The molecule has 0 atom stereocenters. The summed E-state index contributed by atoms with van der Waals surface area (Å²) in [5.74, 6) is 0. The van der Waals surface area contributed by atoms with Crippen molar-refractivity contribution in [1.29, 1.82) is 0 Å². The number of halogens is 6. The Morgan fingerprint density at radius 1 is 0.537 bits per heavy atom. The maximum absolute atomic E-state index is 10.7. The summed E-state index contributed by atoms with van der Waals surface area (Å²) in [7, 11) is -10.7. The molecule has 0 bridgehead atoms. The maximum atomic E-state index is 9.87. The molecule has 1 aliphatic carbocycles. The molecular weight excluding hydrogens is 742 g/mol. The van der Waals surface area contributed by atoms with E-state index in [1.807, 2.05) is 39.0 Å². The zero-order valence-electron chi connectivity index (χ0n) is 23.3. The largest absolute Gasteiger partial charge is 0 e. The number of rotatable bonds is 6. The van der Waals surface area contributed by atoms with E-state index in [2.05, 4.69) is 80.6 Å². The first-order valence-electron chi connectivity index (χ1n) is 12.9. The van der Waals surface area contributed by atoms with Gasteiger partial charge >= 0.3 is 33.0 Å². The number of pyridine rings is 3. The van der Waals surface area contributed by atoms with E-state index in [-0.39, 0.29) is 20.1 Å². The fraction of sp³-hybridized carbons (Fsp3) is 0.345. The smallest absolute Gasteiger partial charge is 0 e. The summed E-state index contributed by atoms with van der Waals surface area (Å²) >= 11 is 0. The summed E-state index contributed by atoms with van der Waals surface area (Å²) in [5.41, 5.74) is 6.33. The summed E-state index contributed by atoms with van der Waals surface area (Å²) in [5, 5.41) is 0. The van der Waals surface area contributed by atoms with E-state index in [1.54, 1.807) is 0 Å². The van der Waals surface area contributed by atoms with Crippen LogP contribution >= 0.6 is 7.81 Å². The second kappa shape index (κ2) is 15.7. The molecule has 0 fully saturated rings. The first-order valence-corrected chi connectivity index (χ1v) is 14.9. The Kier molecular flexibility index (Phi) is 14.0. The molecule has 4 nitrogen and oxygen atoms in total. The van der Waals surface area contributed by atoms with Gasteiger partial charge in [0, 0.05) is 56.8 Å². The van der Waals surface area contributed by atoms with E-state index in [0.717, 1.165) is 53.8 Å². The molecule has 3 heterocycles. The molecule has 0 amide bonds. The van der Waals surface area contributed by atoms with Crippen molar-refractivity contribution in [2.45, 2.75) is 66.1 Å². The van der Waals surface area contributed by atoms with E-state index in [0.29, 0.717) is 0 Å². The summed E-state index contributed by atoms with van der Waals surface area (Å²) in [6.45, 7) is 8.39. The van der Waals surface area contributed by atoms with Crippen LogP contribution in [0.3, 0.4) is 0 Å². The first-order chi connectivity index (χ1) is 18.5. The number of nitrogens with zero attached hydrogens (tertiary/aromatic N) is 4. The minimum atomic E-state index is -10.7. The third-order valence-electron chi connectivity index (χ3n) is 5.33. The second-order valence-electron chi connectivity index (χ2n) is 9.51. The van der Waals surface area contributed by atoms with Crippen LogP contribution in [-0.2, 0) is 39.7 Å². The van der Waals surface area contributed by atoms with Crippen molar-refractivity contribution in [3.63, 3.8) is 0 Å². The third-order valence-corrected chi connectivity index (χ3v) is 5.33. The molecule has 3 aromatic rings. The number of allylic oxidation sites excluding steroid dienone is 4. The molecule has 1 aliphatic rings. The fourth-order valence-electron chi connectivity index (χ4n) is 3.77. The van der Waals surface area contributed by atoms with Crippen molar-refractivity contribution in [2.24, 2.45) is 0 Å². The van der Waals surface area contributed by atoms with Crippen molar-refractivity contribution < 1.29 is 45.3 Å². The van der Waals surface area contributed by atoms with Crippen molar-refractivity contribution in [3.05, 3.63) is 113 Å². The van der Waals surface area contributed by atoms with Gasteiger partial charge in [0.05, 0.1) is 17.1 Å². The van der Waals surface area contributed by atoms with Crippen LogP contribution in [0.5, 0.6) is 0 Å². The summed E-state index contributed by atoms with van der Waals surface area (Å²) in [4.78, 5) is 16.3. The van der Waals surface area contributed by atoms with E-state index < -0.39 is 7.81 Å². The molecule has 0 unspecified atom stereocenters. The Bertz CT molecular complexity index is 1130. The minimum absolute atomic E-state index is 0. The Balaban J connectivity index is 0.000000432. The molecule has 0 spiro atoms. The number of aryl methyl sites for hydroxylation is 3. The molecule has 1 radical (unpaired) electrons. The van der Waals surface area contributed by atoms with Crippen LogP contribution in [0.25, 0.3) is 0 Å². The van der Waals surface area contributed by atoms with E-state index in [4.69, 9.17) is 0 Å². The van der Waals surface area contributed by atoms with Gasteiger partial charge in [-0.25, -0.2) is 0 Å². The van der Waals surface area contributed by atoms with Gasteiger partial charge in [-0.05, 0) is 82.9 Å². The van der Waals surface area contributed by atoms with Gasteiger partial charge in [0.1, 0.15) is 0 Å². The summed E-state index contributed by atoms with van der Waals surface area (Å²) in [6, 6.07) is 18.5. The van der Waals surface area contributed by atoms with Crippen molar-refractivity contribution >= 4 is 7.81 Å². The van der Waals surface area contributed by atoms with E-state index in [1.165, 1.54) is 25.7 Å². The normalized spacial score (nSPS) is 16.1. The third kappa shape index (κ3) is 21.0. The Morgan fingerprint density at radius 2 is 0.780 bits per heavy atom. The van der Waals surface area contributed by atoms with Crippen molar-refractivity contribution in [1.82, 2.24) is 19.9 Å². The summed E-state index contributed by atoms with van der Waals surface area (Å²) in [6.07, 6.45) is 14.0. The van der Waals surface area contributed by atoms with Crippen LogP contribution in [-0.4, -0.2) is 19.9 Å². The molecule has 12 heteroatoms. The van der Waals surface area contributed by atoms with E-state index >= 15 is 0 Å². The number of hydrogen-bond donors (Lipinski definition) is 0. The van der Waals surface area contributed by atoms with Gasteiger partial charge in [-0.1, -0.05) is 42.5 Å². The average molecular weight is 778 g/mol. The molecule has 0 saturated carbocycles. The monoisotopic (exact) mass is 778 g/mol. The van der Waals surface area contributed by atoms with Gasteiger partial charge in [-0.3, -0.25) is 19.9 Å². The van der Waals surface area contributed by atoms with Crippen molar-refractivity contribution in [3.8, 4) is 0 Å². The van der Waals surface area contributed by atoms with Gasteiger partial charge in [0.15, 0.2) is 0 Å². The Labute approximate surface area is 251 Å². The van der Waals surface area contributed by atoms with E-state index in [9.17, 15) is 25.2 Å². The van der Waals surface area contributed by atoms with Crippen LogP contribution in [0.1, 0.15) is 59.8 Å². The summed E-state index contributed by atoms with van der Waals surface area (Å²) < 4.78 is 59.2. The minimum Gasteiger partial charge on any atom is 0 e. The predicted molar refractivity (Wildman–Crippen MR) is 150 cm³/mol. The Morgan fingerprint density at radius 3 is 1.00 bits per heavy atom. The Hall–Kier alpha value is -2.45. The topological polar surface area (TPSA) is 41.9 Å².